The number of carbonyl (C=O) groups is 1. The highest BCUT2D eigenvalue weighted by atomic mass is 35.5. The predicted octanol–water partition coefficient (Wildman–Crippen LogP) is 3.95. The lowest BCUT2D eigenvalue weighted by Gasteiger charge is -2.10. The number of carboxylic acid groups (broad SMARTS) is 1. The van der Waals surface area contributed by atoms with Gasteiger partial charge in [-0.3, -0.25) is 4.99 Å². The number of ether oxygens (including phenoxy) is 2. The van der Waals surface area contributed by atoms with Gasteiger partial charge in [-0.1, -0.05) is 11.6 Å². The summed E-state index contributed by atoms with van der Waals surface area (Å²) in [6.45, 7) is 1.48. The molecule has 0 unspecified atom stereocenters. The van der Waals surface area contributed by atoms with Gasteiger partial charge in [0, 0.05) is 11.2 Å². The Morgan fingerprint density at radius 1 is 1.26 bits per heavy atom. The molecule has 0 heterocycles. The van der Waals surface area contributed by atoms with E-state index in [0.717, 1.165) is 5.56 Å². The van der Waals surface area contributed by atoms with E-state index in [1.807, 2.05) is 0 Å². The average Bonchev–Trinajstić information content (AvgIpc) is 2.54. The van der Waals surface area contributed by atoms with E-state index in [1.54, 1.807) is 55.8 Å². The molecule has 0 spiro atoms. The third-order valence-corrected chi connectivity index (χ3v) is 3.27. The van der Waals surface area contributed by atoms with Crippen molar-refractivity contribution in [3.63, 3.8) is 0 Å². The molecular weight excluding hydrogens is 318 g/mol. The highest BCUT2D eigenvalue weighted by Gasteiger charge is 2.11. The van der Waals surface area contributed by atoms with Crippen LogP contribution in [0.25, 0.3) is 0 Å². The van der Waals surface area contributed by atoms with Crippen molar-refractivity contribution >= 4 is 29.5 Å². The summed E-state index contributed by atoms with van der Waals surface area (Å²) in [5.41, 5.74) is 1.46. The fourth-order valence-corrected chi connectivity index (χ4v) is 1.96. The standard InChI is InChI=1S/C17H16ClNO4/c1-11(17(20)21)23-14-6-3-12(4-7-14)10-19-15-9-13(18)5-8-16(15)22-2/h3-11H,1-2H3,(H,20,21)/t11-/m1/s1. The molecule has 23 heavy (non-hydrogen) atoms. The summed E-state index contributed by atoms with van der Waals surface area (Å²) in [4.78, 5) is 15.1. The van der Waals surface area contributed by atoms with Crippen LogP contribution in [0, 0.1) is 0 Å². The second-order valence-electron chi connectivity index (χ2n) is 4.74. The van der Waals surface area contributed by atoms with E-state index in [0.29, 0.717) is 22.2 Å². The average molecular weight is 334 g/mol. The van der Waals surface area contributed by atoms with Crippen LogP contribution >= 0.6 is 11.6 Å². The molecule has 0 radical (unpaired) electrons. The van der Waals surface area contributed by atoms with Crippen molar-refractivity contribution < 1.29 is 19.4 Å². The molecule has 0 fully saturated rings. The van der Waals surface area contributed by atoms with E-state index in [4.69, 9.17) is 26.2 Å². The molecule has 0 saturated heterocycles. The molecule has 2 aromatic rings. The quantitative estimate of drug-likeness (QED) is 0.813. The van der Waals surface area contributed by atoms with E-state index in [-0.39, 0.29) is 0 Å². The number of rotatable bonds is 6. The second kappa shape index (κ2) is 7.65. The summed E-state index contributed by atoms with van der Waals surface area (Å²) in [6, 6.07) is 12.1. The summed E-state index contributed by atoms with van der Waals surface area (Å²) < 4.78 is 10.5. The Balaban J connectivity index is 2.12. The Morgan fingerprint density at radius 3 is 2.57 bits per heavy atom. The normalized spacial score (nSPS) is 12.1. The molecule has 2 rings (SSSR count). The number of aliphatic carboxylic acids is 1. The maximum absolute atomic E-state index is 10.7. The van der Waals surface area contributed by atoms with Gasteiger partial charge < -0.3 is 14.6 Å². The molecule has 0 aliphatic rings. The lowest BCUT2D eigenvalue weighted by atomic mass is 10.2. The van der Waals surface area contributed by atoms with Crippen LogP contribution in [0.3, 0.4) is 0 Å². The van der Waals surface area contributed by atoms with Gasteiger partial charge in [-0.2, -0.15) is 0 Å². The van der Waals surface area contributed by atoms with Crippen LogP contribution in [0.1, 0.15) is 12.5 Å². The molecule has 0 aromatic heterocycles. The topological polar surface area (TPSA) is 68.1 Å². The van der Waals surface area contributed by atoms with Crippen LogP contribution in [0.15, 0.2) is 47.5 Å². The Labute approximate surface area is 139 Å². The minimum atomic E-state index is -1.01. The minimum Gasteiger partial charge on any atom is -0.494 e. The molecule has 0 aliphatic carbocycles. The Morgan fingerprint density at radius 2 is 1.96 bits per heavy atom. The van der Waals surface area contributed by atoms with Gasteiger partial charge >= 0.3 is 5.97 Å². The second-order valence-corrected chi connectivity index (χ2v) is 5.18. The molecule has 0 amide bonds. The minimum absolute atomic E-state index is 0.484. The molecule has 0 saturated carbocycles. The summed E-state index contributed by atoms with van der Waals surface area (Å²) in [7, 11) is 1.57. The van der Waals surface area contributed by atoms with Crippen LogP contribution in [-0.2, 0) is 4.79 Å². The number of hydrogen-bond acceptors (Lipinski definition) is 4. The highest BCUT2D eigenvalue weighted by Crippen LogP contribution is 2.30. The summed E-state index contributed by atoms with van der Waals surface area (Å²) in [6.07, 6.45) is 0.767. The largest absolute Gasteiger partial charge is 0.494 e. The van der Waals surface area contributed by atoms with Crippen molar-refractivity contribution in [2.45, 2.75) is 13.0 Å². The molecule has 120 valence electrons. The first-order valence-corrected chi connectivity index (χ1v) is 7.24. The third kappa shape index (κ3) is 4.72. The zero-order valence-corrected chi connectivity index (χ0v) is 13.4. The van der Waals surface area contributed by atoms with Gasteiger partial charge in [0.25, 0.3) is 0 Å². The molecule has 5 nitrogen and oxygen atoms in total. The molecule has 1 atom stereocenters. The van der Waals surface area contributed by atoms with Gasteiger partial charge in [0.15, 0.2) is 6.10 Å². The number of methoxy groups -OCH3 is 1. The summed E-state index contributed by atoms with van der Waals surface area (Å²) in [5.74, 6) is 0.0990. The van der Waals surface area contributed by atoms with Gasteiger partial charge in [-0.05, 0) is 55.0 Å². The monoisotopic (exact) mass is 333 g/mol. The number of carboxylic acids is 1. The number of nitrogens with zero attached hydrogens (tertiary/aromatic N) is 1. The van der Waals surface area contributed by atoms with E-state index >= 15 is 0 Å². The van der Waals surface area contributed by atoms with Gasteiger partial charge in [0.05, 0.1) is 7.11 Å². The number of benzene rings is 2. The number of hydrogen-bond donors (Lipinski definition) is 1. The van der Waals surface area contributed by atoms with Gasteiger partial charge in [0.2, 0.25) is 0 Å². The van der Waals surface area contributed by atoms with E-state index < -0.39 is 12.1 Å². The van der Waals surface area contributed by atoms with Crippen molar-refractivity contribution in [3.05, 3.63) is 53.1 Å². The molecule has 0 bridgehead atoms. The Hall–Kier alpha value is -2.53. The zero-order valence-electron chi connectivity index (χ0n) is 12.7. The van der Waals surface area contributed by atoms with Crippen molar-refractivity contribution in [1.29, 1.82) is 0 Å². The van der Waals surface area contributed by atoms with Gasteiger partial charge in [-0.25, -0.2) is 4.79 Å². The maximum Gasteiger partial charge on any atom is 0.344 e. The lowest BCUT2D eigenvalue weighted by molar-refractivity contribution is -0.144. The molecule has 0 aliphatic heterocycles. The summed E-state index contributed by atoms with van der Waals surface area (Å²) in [5, 5.41) is 9.38. The lowest BCUT2D eigenvalue weighted by Crippen LogP contribution is -2.22. The first-order valence-electron chi connectivity index (χ1n) is 6.86. The van der Waals surface area contributed by atoms with E-state index in [9.17, 15) is 4.79 Å². The fraction of sp³-hybridized carbons (Fsp3) is 0.176. The first kappa shape index (κ1) is 16.8. The SMILES string of the molecule is COc1ccc(Cl)cc1N=Cc1ccc(O[C@H](C)C(=O)O)cc1. The van der Waals surface area contributed by atoms with Crippen molar-refractivity contribution in [3.8, 4) is 11.5 Å². The van der Waals surface area contributed by atoms with Crippen molar-refractivity contribution in [1.82, 2.24) is 0 Å². The van der Waals surface area contributed by atoms with Crippen LogP contribution in [0.2, 0.25) is 5.02 Å². The van der Waals surface area contributed by atoms with Crippen molar-refractivity contribution in [2.24, 2.45) is 4.99 Å². The maximum atomic E-state index is 10.7. The van der Waals surface area contributed by atoms with Crippen molar-refractivity contribution in [2.75, 3.05) is 7.11 Å². The van der Waals surface area contributed by atoms with Gasteiger partial charge in [-0.15, -0.1) is 0 Å². The molecular formula is C17H16ClNO4. The van der Waals surface area contributed by atoms with Crippen LogP contribution in [0.5, 0.6) is 11.5 Å². The van der Waals surface area contributed by atoms with Crippen LogP contribution < -0.4 is 9.47 Å². The predicted molar refractivity (Wildman–Crippen MR) is 89.4 cm³/mol. The first-order chi connectivity index (χ1) is 11.0. The Bertz CT molecular complexity index is 713. The van der Waals surface area contributed by atoms with E-state index in [1.165, 1.54) is 6.92 Å². The summed E-state index contributed by atoms with van der Waals surface area (Å²) >= 11 is 5.96. The highest BCUT2D eigenvalue weighted by molar-refractivity contribution is 6.30. The van der Waals surface area contributed by atoms with Crippen LogP contribution in [0.4, 0.5) is 5.69 Å². The fourth-order valence-electron chi connectivity index (χ4n) is 1.80. The number of halogens is 1. The van der Waals surface area contributed by atoms with Crippen LogP contribution in [-0.4, -0.2) is 30.5 Å². The zero-order chi connectivity index (χ0) is 16.8. The molecule has 1 N–H and O–H groups in total. The molecule has 6 heteroatoms. The molecule has 2 aromatic carbocycles. The third-order valence-electron chi connectivity index (χ3n) is 3.03. The number of aliphatic imine (C=N–C) groups is 1. The Kier molecular flexibility index (Phi) is 5.60. The van der Waals surface area contributed by atoms with Gasteiger partial charge in [0.1, 0.15) is 17.2 Å². The smallest absolute Gasteiger partial charge is 0.344 e. The van der Waals surface area contributed by atoms with E-state index in [2.05, 4.69) is 4.99 Å².